The minimum Gasteiger partial charge on any atom is -0.395 e. The highest BCUT2D eigenvalue weighted by atomic mass is 79.9. The average molecular weight is 298 g/mol. The van der Waals surface area contributed by atoms with Crippen LogP contribution >= 0.6 is 15.9 Å². The van der Waals surface area contributed by atoms with Crippen molar-refractivity contribution in [3.8, 4) is 0 Å². The first-order chi connectivity index (χ1) is 8.01. The van der Waals surface area contributed by atoms with Gasteiger partial charge in [-0.2, -0.15) is 0 Å². The van der Waals surface area contributed by atoms with Gasteiger partial charge in [0.05, 0.1) is 11.9 Å². The van der Waals surface area contributed by atoms with Crippen molar-refractivity contribution in [2.75, 3.05) is 23.4 Å². The maximum absolute atomic E-state index is 11.8. The van der Waals surface area contributed by atoms with Crippen LogP contribution in [0.5, 0.6) is 0 Å². The van der Waals surface area contributed by atoms with Gasteiger partial charge in [0.25, 0.3) is 0 Å². The molecule has 3 nitrogen and oxygen atoms in total. The Hall–Kier alpha value is -0.805. The lowest BCUT2D eigenvalue weighted by Crippen LogP contribution is -2.35. The van der Waals surface area contributed by atoms with Crippen LogP contribution in [0, 0.1) is 13.8 Å². The quantitative estimate of drug-likeness (QED) is 0.641. The summed E-state index contributed by atoms with van der Waals surface area (Å²) in [6.45, 7) is 4.35. The number of alkyl halides is 1. The zero-order chi connectivity index (χ0) is 13.0. The largest absolute Gasteiger partial charge is 0.395 e. The Morgan fingerprint density at radius 1 is 1.41 bits per heavy atom. The van der Waals surface area contributed by atoms with Crippen molar-refractivity contribution in [1.29, 1.82) is 0 Å². The standard InChI is InChI=1S/C12H17BBrNO2/c1-8-5-10(6-9(2)12(8)13)15(3-4-16)11(17)7-14/h5-6,16H,3-4,7,13H2,1-2H3. The number of nitrogens with zero attached hydrogens (tertiary/aromatic N) is 1. The van der Waals surface area contributed by atoms with E-state index in [0.29, 0.717) is 6.54 Å². The molecular weight excluding hydrogens is 281 g/mol. The molecule has 0 radical (unpaired) electrons. The van der Waals surface area contributed by atoms with Crippen LogP contribution in [0.2, 0.25) is 0 Å². The molecule has 17 heavy (non-hydrogen) atoms. The van der Waals surface area contributed by atoms with Crippen LogP contribution < -0.4 is 10.4 Å². The maximum atomic E-state index is 11.8. The fourth-order valence-electron chi connectivity index (χ4n) is 1.74. The van der Waals surface area contributed by atoms with Crippen molar-refractivity contribution in [1.82, 2.24) is 0 Å². The Morgan fingerprint density at radius 3 is 2.35 bits per heavy atom. The molecule has 0 bridgehead atoms. The van der Waals surface area contributed by atoms with Gasteiger partial charge in [-0.3, -0.25) is 4.79 Å². The third kappa shape index (κ3) is 3.33. The minimum absolute atomic E-state index is 0.0370. The molecule has 0 saturated carbocycles. The van der Waals surface area contributed by atoms with E-state index < -0.39 is 0 Å². The second-order valence-electron chi connectivity index (χ2n) is 4.11. The summed E-state index contributed by atoms with van der Waals surface area (Å²) in [6.07, 6.45) is 0. The number of halogens is 1. The number of rotatable bonds is 4. The Kier molecular flexibility index (Phi) is 5.21. The zero-order valence-electron chi connectivity index (χ0n) is 10.5. The van der Waals surface area contributed by atoms with Gasteiger partial charge in [-0.15, -0.1) is 0 Å². The van der Waals surface area contributed by atoms with Crippen molar-refractivity contribution >= 4 is 40.8 Å². The van der Waals surface area contributed by atoms with Crippen molar-refractivity contribution in [3.63, 3.8) is 0 Å². The van der Waals surface area contributed by atoms with Gasteiger partial charge in [0.2, 0.25) is 5.91 Å². The molecule has 0 spiro atoms. The van der Waals surface area contributed by atoms with Gasteiger partial charge in [0.1, 0.15) is 7.85 Å². The Morgan fingerprint density at radius 2 is 1.94 bits per heavy atom. The van der Waals surface area contributed by atoms with E-state index in [4.69, 9.17) is 5.11 Å². The second-order valence-corrected chi connectivity index (χ2v) is 4.67. The third-order valence-electron chi connectivity index (χ3n) is 2.96. The molecule has 0 aliphatic heterocycles. The van der Waals surface area contributed by atoms with Crippen LogP contribution in [0.1, 0.15) is 11.1 Å². The van der Waals surface area contributed by atoms with Crippen LogP contribution in [-0.4, -0.2) is 37.3 Å². The van der Waals surface area contributed by atoms with Crippen molar-refractivity contribution in [3.05, 3.63) is 23.3 Å². The topological polar surface area (TPSA) is 40.5 Å². The highest BCUT2D eigenvalue weighted by Crippen LogP contribution is 2.17. The molecule has 0 aliphatic rings. The lowest BCUT2D eigenvalue weighted by atomic mass is 9.86. The zero-order valence-corrected chi connectivity index (χ0v) is 12.0. The van der Waals surface area contributed by atoms with Gasteiger partial charge in [-0.25, -0.2) is 0 Å². The number of carbonyl (C=O) groups is 1. The molecule has 92 valence electrons. The summed E-state index contributed by atoms with van der Waals surface area (Å²) < 4.78 is 0. The monoisotopic (exact) mass is 297 g/mol. The smallest absolute Gasteiger partial charge is 0.237 e. The first-order valence-corrected chi connectivity index (χ1v) is 6.68. The number of aryl methyl sites for hydroxylation is 2. The van der Waals surface area contributed by atoms with Crippen LogP contribution in [0.25, 0.3) is 0 Å². The van der Waals surface area contributed by atoms with Crippen molar-refractivity contribution < 1.29 is 9.90 Å². The first-order valence-electron chi connectivity index (χ1n) is 5.56. The summed E-state index contributed by atoms with van der Waals surface area (Å²) in [7, 11) is 2.07. The normalized spacial score (nSPS) is 10.4. The molecule has 0 atom stereocenters. The van der Waals surface area contributed by atoms with E-state index >= 15 is 0 Å². The van der Waals surface area contributed by atoms with E-state index in [2.05, 4.69) is 23.8 Å². The van der Waals surface area contributed by atoms with Crippen molar-refractivity contribution in [2.45, 2.75) is 13.8 Å². The first kappa shape index (κ1) is 14.3. The van der Waals surface area contributed by atoms with E-state index in [-0.39, 0.29) is 17.8 Å². The number of aliphatic hydroxyl groups excluding tert-OH is 1. The van der Waals surface area contributed by atoms with Gasteiger partial charge < -0.3 is 10.0 Å². The van der Waals surface area contributed by atoms with E-state index in [1.165, 1.54) is 5.46 Å². The minimum atomic E-state index is -0.0401. The number of aliphatic hydroxyl groups is 1. The summed E-state index contributed by atoms with van der Waals surface area (Å²) in [5.74, 6) is -0.0401. The fraction of sp³-hybridized carbons (Fsp3) is 0.417. The molecule has 1 aromatic carbocycles. The molecule has 0 saturated heterocycles. The Labute approximate surface area is 111 Å². The molecule has 0 aliphatic carbocycles. The molecular formula is C12H17BBrNO2. The van der Waals surface area contributed by atoms with Crippen LogP contribution in [0.3, 0.4) is 0 Å². The van der Waals surface area contributed by atoms with Gasteiger partial charge in [0.15, 0.2) is 0 Å². The van der Waals surface area contributed by atoms with Gasteiger partial charge >= 0.3 is 0 Å². The lowest BCUT2D eigenvalue weighted by Gasteiger charge is -2.23. The molecule has 1 rings (SSSR count). The Bertz CT molecular complexity index is 400. The third-order valence-corrected chi connectivity index (χ3v) is 3.44. The molecule has 1 N–H and O–H groups in total. The number of amides is 1. The fourth-order valence-corrected chi connectivity index (χ4v) is 2.04. The lowest BCUT2D eigenvalue weighted by molar-refractivity contribution is -0.116. The predicted molar refractivity (Wildman–Crippen MR) is 77.3 cm³/mol. The molecule has 0 fully saturated rings. The molecule has 0 heterocycles. The van der Waals surface area contributed by atoms with Crippen LogP contribution in [-0.2, 0) is 4.79 Å². The maximum Gasteiger partial charge on any atom is 0.237 e. The summed E-state index contributed by atoms with van der Waals surface area (Å²) in [6, 6.07) is 3.97. The number of hydrogen-bond donors (Lipinski definition) is 1. The molecule has 1 amide bonds. The number of anilines is 1. The van der Waals surface area contributed by atoms with Gasteiger partial charge in [0, 0.05) is 12.2 Å². The predicted octanol–water partition coefficient (Wildman–Crippen LogP) is 0.282. The summed E-state index contributed by atoms with van der Waals surface area (Å²) in [5.41, 5.74) is 4.41. The van der Waals surface area contributed by atoms with E-state index in [1.54, 1.807) is 4.90 Å². The summed E-state index contributed by atoms with van der Waals surface area (Å²) >= 11 is 3.16. The highest BCUT2D eigenvalue weighted by Gasteiger charge is 2.15. The van der Waals surface area contributed by atoms with E-state index in [1.807, 2.05) is 26.0 Å². The number of hydrogen-bond acceptors (Lipinski definition) is 2. The molecule has 0 aromatic heterocycles. The summed E-state index contributed by atoms with van der Waals surface area (Å²) in [5, 5.41) is 9.29. The number of carbonyl (C=O) groups excluding carboxylic acids is 1. The van der Waals surface area contributed by atoms with Gasteiger partial charge in [-0.05, 0) is 26.0 Å². The van der Waals surface area contributed by atoms with E-state index in [9.17, 15) is 4.79 Å². The highest BCUT2D eigenvalue weighted by molar-refractivity contribution is 9.09. The number of benzene rings is 1. The average Bonchev–Trinajstić information content (AvgIpc) is 2.31. The SMILES string of the molecule is Bc1c(C)cc(N(CCO)C(=O)CBr)cc1C. The molecule has 0 unspecified atom stereocenters. The van der Waals surface area contributed by atoms with Gasteiger partial charge in [-0.1, -0.05) is 32.5 Å². The molecule has 5 heteroatoms. The van der Waals surface area contributed by atoms with E-state index in [0.717, 1.165) is 16.8 Å². The van der Waals surface area contributed by atoms with Crippen LogP contribution in [0.4, 0.5) is 5.69 Å². The second kappa shape index (κ2) is 6.22. The Balaban J connectivity index is 3.14. The van der Waals surface area contributed by atoms with Crippen molar-refractivity contribution in [2.24, 2.45) is 0 Å². The van der Waals surface area contributed by atoms with Crippen LogP contribution in [0.15, 0.2) is 12.1 Å². The summed E-state index contributed by atoms with van der Waals surface area (Å²) in [4.78, 5) is 13.4. The molecule has 1 aromatic rings.